The van der Waals surface area contributed by atoms with Crippen LogP contribution in [0.2, 0.25) is 10.0 Å². The molecule has 0 aliphatic heterocycles. The van der Waals surface area contributed by atoms with E-state index >= 15 is 0 Å². The molecule has 2 rings (SSSR count). The van der Waals surface area contributed by atoms with E-state index in [0.717, 1.165) is 25.7 Å². The molecule has 0 spiro atoms. The van der Waals surface area contributed by atoms with Crippen LogP contribution in [0.3, 0.4) is 0 Å². The Morgan fingerprint density at radius 1 is 1.20 bits per heavy atom. The van der Waals surface area contributed by atoms with Crippen LogP contribution in [-0.4, -0.2) is 11.2 Å². The van der Waals surface area contributed by atoms with Crippen LogP contribution in [0.5, 0.6) is 0 Å². The second-order valence-corrected chi connectivity index (χ2v) is 5.10. The summed E-state index contributed by atoms with van der Waals surface area (Å²) in [6.07, 6.45) is 3.86. The van der Waals surface area contributed by atoms with Crippen LogP contribution in [0.25, 0.3) is 0 Å². The Kier molecular flexibility index (Phi) is 3.55. The van der Waals surface area contributed by atoms with Crippen molar-refractivity contribution in [2.75, 3.05) is 0 Å². The number of aliphatic hydroxyl groups is 1. The first-order chi connectivity index (χ1) is 7.15. The van der Waals surface area contributed by atoms with Gasteiger partial charge in [0.1, 0.15) is 0 Å². The lowest BCUT2D eigenvalue weighted by Gasteiger charge is -2.09. The average molecular weight is 245 g/mol. The summed E-state index contributed by atoms with van der Waals surface area (Å²) < 4.78 is 0. The van der Waals surface area contributed by atoms with E-state index in [4.69, 9.17) is 23.2 Å². The minimum Gasteiger partial charge on any atom is -0.393 e. The molecule has 1 N–H and O–H groups in total. The highest BCUT2D eigenvalue weighted by Crippen LogP contribution is 2.30. The summed E-state index contributed by atoms with van der Waals surface area (Å²) in [5.41, 5.74) is 1.21. The molecule has 3 heteroatoms. The van der Waals surface area contributed by atoms with Crippen LogP contribution in [-0.2, 0) is 6.42 Å². The van der Waals surface area contributed by atoms with E-state index in [9.17, 15) is 5.11 Å². The predicted octanol–water partition coefficient (Wildman–Crippen LogP) is 3.70. The molecule has 0 aromatic heterocycles. The maximum absolute atomic E-state index is 9.43. The molecule has 1 aromatic rings. The Balaban J connectivity index is 2.02. The summed E-state index contributed by atoms with van der Waals surface area (Å²) in [6, 6.07) is 5.78. The van der Waals surface area contributed by atoms with Crippen molar-refractivity contribution in [2.45, 2.75) is 31.8 Å². The minimum absolute atomic E-state index is 0.0993. The smallest absolute Gasteiger partial charge is 0.0595 e. The number of aliphatic hydroxyl groups excluding tert-OH is 1. The van der Waals surface area contributed by atoms with Crippen LogP contribution in [0.4, 0.5) is 0 Å². The molecule has 2 atom stereocenters. The number of rotatable bonds is 2. The second kappa shape index (κ2) is 4.73. The standard InChI is InChI=1S/C12H14Cl2O/c13-11-4-2-9(7-12(11)14)5-8-1-3-10(15)6-8/h2,4,7-8,10,15H,1,3,5-6H2. The predicted molar refractivity (Wildman–Crippen MR) is 63.5 cm³/mol. The first-order valence-electron chi connectivity index (χ1n) is 5.27. The zero-order chi connectivity index (χ0) is 10.8. The van der Waals surface area contributed by atoms with Gasteiger partial charge in [-0.1, -0.05) is 29.3 Å². The number of hydrogen-bond donors (Lipinski definition) is 1. The molecule has 15 heavy (non-hydrogen) atoms. The number of hydrogen-bond acceptors (Lipinski definition) is 1. The first kappa shape index (κ1) is 11.3. The van der Waals surface area contributed by atoms with Crippen molar-refractivity contribution in [3.05, 3.63) is 33.8 Å². The van der Waals surface area contributed by atoms with Gasteiger partial charge in [-0.2, -0.15) is 0 Å². The summed E-state index contributed by atoms with van der Waals surface area (Å²) in [7, 11) is 0. The van der Waals surface area contributed by atoms with Gasteiger partial charge in [-0.3, -0.25) is 0 Å². The summed E-state index contributed by atoms with van der Waals surface area (Å²) in [5, 5.41) is 10.7. The lowest BCUT2D eigenvalue weighted by molar-refractivity contribution is 0.177. The van der Waals surface area contributed by atoms with Crippen LogP contribution >= 0.6 is 23.2 Å². The molecule has 1 nitrogen and oxygen atoms in total. The van der Waals surface area contributed by atoms with Gasteiger partial charge in [0.2, 0.25) is 0 Å². The van der Waals surface area contributed by atoms with Gasteiger partial charge < -0.3 is 5.11 Å². The van der Waals surface area contributed by atoms with E-state index in [-0.39, 0.29) is 6.10 Å². The fraction of sp³-hybridized carbons (Fsp3) is 0.500. The minimum atomic E-state index is -0.0993. The SMILES string of the molecule is OC1CCC(Cc2ccc(Cl)c(Cl)c2)C1. The van der Waals surface area contributed by atoms with Crippen LogP contribution in [0.1, 0.15) is 24.8 Å². The Morgan fingerprint density at radius 2 is 2.00 bits per heavy atom. The molecule has 0 heterocycles. The van der Waals surface area contributed by atoms with E-state index in [0.29, 0.717) is 16.0 Å². The van der Waals surface area contributed by atoms with E-state index in [1.807, 2.05) is 18.2 Å². The van der Waals surface area contributed by atoms with Gasteiger partial charge in [0.25, 0.3) is 0 Å². The third kappa shape index (κ3) is 2.87. The van der Waals surface area contributed by atoms with Gasteiger partial charge in [-0.05, 0) is 49.3 Å². The molecule has 1 saturated carbocycles. The van der Waals surface area contributed by atoms with Gasteiger partial charge in [0, 0.05) is 0 Å². The van der Waals surface area contributed by atoms with Crippen molar-refractivity contribution in [1.82, 2.24) is 0 Å². The molecule has 0 amide bonds. The average Bonchev–Trinajstić information content (AvgIpc) is 2.58. The highest BCUT2D eigenvalue weighted by Gasteiger charge is 2.22. The van der Waals surface area contributed by atoms with Crippen molar-refractivity contribution in [1.29, 1.82) is 0 Å². The summed E-state index contributed by atoms with van der Waals surface area (Å²) in [6.45, 7) is 0. The Morgan fingerprint density at radius 3 is 2.60 bits per heavy atom. The largest absolute Gasteiger partial charge is 0.393 e. The molecule has 82 valence electrons. The van der Waals surface area contributed by atoms with Crippen molar-refractivity contribution < 1.29 is 5.11 Å². The quantitative estimate of drug-likeness (QED) is 0.842. The normalized spacial score (nSPS) is 25.8. The van der Waals surface area contributed by atoms with E-state index < -0.39 is 0 Å². The van der Waals surface area contributed by atoms with E-state index in [2.05, 4.69) is 0 Å². The topological polar surface area (TPSA) is 20.2 Å². The monoisotopic (exact) mass is 244 g/mol. The molecule has 0 saturated heterocycles. The lowest BCUT2D eigenvalue weighted by Crippen LogP contribution is -2.03. The molecular weight excluding hydrogens is 231 g/mol. The molecular formula is C12H14Cl2O. The maximum Gasteiger partial charge on any atom is 0.0595 e. The molecule has 0 radical (unpaired) electrons. The Labute approximate surface area is 100 Å². The fourth-order valence-electron chi connectivity index (χ4n) is 2.23. The summed E-state index contributed by atoms with van der Waals surface area (Å²) in [4.78, 5) is 0. The van der Waals surface area contributed by atoms with Crippen molar-refractivity contribution in [3.8, 4) is 0 Å². The highest BCUT2D eigenvalue weighted by atomic mass is 35.5. The molecule has 2 unspecified atom stereocenters. The van der Waals surface area contributed by atoms with E-state index in [1.54, 1.807) is 0 Å². The first-order valence-corrected chi connectivity index (χ1v) is 6.02. The second-order valence-electron chi connectivity index (χ2n) is 4.29. The fourth-order valence-corrected chi connectivity index (χ4v) is 2.55. The Bertz CT molecular complexity index is 351. The van der Waals surface area contributed by atoms with Crippen LogP contribution < -0.4 is 0 Å². The number of benzene rings is 1. The molecule has 0 bridgehead atoms. The third-order valence-corrected chi connectivity index (χ3v) is 3.76. The molecule has 1 aliphatic carbocycles. The van der Waals surface area contributed by atoms with Crippen LogP contribution in [0.15, 0.2) is 18.2 Å². The zero-order valence-corrected chi connectivity index (χ0v) is 9.93. The highest BCUT2D eigenvalue weighted by molar-refractivity contribution is 6.42. The van der Waals surface area contributed by atoms with Crippen molar-refractivity contribution in [2.24, 2.45) is 5.92 Å². The molecule has 1 fully saturated rings. The maximum atomic E-state index is 9.43. The van der Waals surface area contributed by atoms with Gasteiger partial charge in [0.05, 0.1) is 16.1 Å². The van der Waals surface area contributed by atoms with E-state index in [1.165, 1.54) is 5.56 Å². The van der Waals surface area contributed by atoms with Crippen molar-refractivity contribution in [3.63, 3.8) is 0 Å². The third-order valence-electron chi connectivity index (χ3n) is 3.02. The molecule has 1 aromatic carbocycles. The van der Waals surface area contributed by atoms with Gasteiger partial charge in [0.15, 0.2) is 0 Å². The number of halogens is 2. The summed E-state index contributed by atoms with van der Waals surface area (Å²) in [5.74, 6) is 0.595. The zero-order valence-electron chi connectivity index (χ0n) is 8.42. The Hall–Kier alpha value is -0.240. The summed E-state index contributed by atoms with van der Waals surface area (Å²) >= 11 is 11.8. The van der Waals surface area contributed by atoms with Gasteiger partial charge >= 0.3 is 0 Å². The van der Waals surface area contributed by atoms with Crippen molar-refractivity contribution >= 4 is 23.2 Å². The molecule has 1 aliphatic rings. The van der Waals surface area contributed by atoms with Gasteiger partial charge in [-0.15, -0.1) is 0 Å². The van der Waals surface area contributed by atoms with Crippen LogP contribution in [0, 0.1) is 5.92 Å². The lowest BCUT2D eigenvalue weighted by atomic mass is 9.98. The van der Waals surface area contributed by atoms with Gasteiger partial charge in [-0.25, -0.2) is 0 Å².